The fourth-order valence-electron chi connectivity index (χ4n) is 1.14. The topological polar surface area (TPSA) is 60.2 Å². The number of nitrogens with one attached hydrogen (secondary N) is 1. The van der Waals surface area contributed by atoms with Crippen LogP contribution in [0.4, 0.5) is 15.8 Å². The number of methoxy groups -OCH3 is 1. The third-order valence-electron chi connectivity index (χ3n) is 1.86. The van der Waals surface area contributed by atoms with Crippen LogP contribution >= 0.6 is 11.3 Å². The smallest absolute Gasteiger partial charge is 0.189 e. The second-order valence-corrected chi connectivity index (χ2v) is 3.98. The molecule has 15 heavy (non-hydrogen) atoms. The van der Waals surface area contributed by atoms with Crippen LogP contribution in [-0.2, 0) is 0 Å². The number of nitrogens with zero attached hydrogens (tertiary/aromatic N) is 1. The van der Waals surface area contributed by atoms with E-state index in [2.05, 4.69) is 10.3 Å². The number of benzene rings is 1. The maximum absolute atomic E-state index is 5.57. The summed E-state index contributed by atoms with van der Waals surface area (Å²) in [5, 5.41) is 4.64. The lowest BCUT2D eigenvalue weighted by Gasteiger charge is -2.03. The van der Waals surface area contributed by atoms with Crippen LogP contribution in [0.3, 0.4) is 0 Å². The van der Waals surface area contributed by atoms with Crippen LogP contribution in [0.15, 0.2) is 30.5 Å². The molecule has 0 spiro atoms. The molecule has 1 heterocycles. The highest BCUT2D eigenvalue weighted by molar-refractivity contribution is 7.19. The Kier molecular flexibility index (Phi) is 2.73. The number of hydrogen-bond acceptors (Lipinski definition) is 5. The summed E-state index contributed by atoms with van der Waals surface area (Å²) in [6.07, 6.45) is 1.64. The van der Waals surface area contributed by atoms with Gasteiger partial charge in [0.1, 0.15) is 10.8 Å². The summed E-state index contributed by atoms with van der Waals surface area (Å²) in [4.78, 5) is 4.10. The van der Waals surface area contributed by atoms with Crippen molar-refractivity contribution in [2.24, 2.45) is 0 Å². The SMILES string of the molecule is COc1ccc(Nc2ncc(N)s2)cc1. The molecule has 1 aromatic heterocycles. The first-order chi connectivity index (χ1) is 7.28. The highest BCUT2D eigenvalue weighted by Gasteiger charge is 1.99. The molecule has 0 bridgehead atoms. The molecule has 0 aliphatic heterocycles. The Morgan fingerprint density at radius 3 is 2.60 bits per heavy atom. The molecule has 78 valence electrons. The zero-order valence-corrected chi connectivity index (χ0v) is 9.04. The summed E-state index contributed by atoms with van der Waals surface area (Å²) in [6, 6.07) is 7.63. The Bertz CT molecular complexity index is 438. The van der Waals surface area contributed by atoms with Crippen LogP contribution in [-0.4, -0.2) is 12.1 Å². The third-order valence-corrected chi connectivity index (χ3v) is 2.61. The molecular weight excluding hydrogens is 210 g/mol. The second kappa shape index (κ2) is 4.18. The maximum Gasteiger partial charge on any atom is 0.189 e. The van der Waals surface area contributed by atoms with Crippen molar-refractivity contribution in [2.45, 2.75) is 0 Å². The van der Waals surface area contributed by atoms with E-state index in [1.165, 1.54) is 11.3 Å². The van der Waals surface area contributed by atoms with Gasteiger partial charge in [-0.15, -0.1) is 0 Å². The van der Waals surface area contributed by atoms with E-state index < -0.39 is 0 Å². The van der Waals surface area contributed by atoms with E-state index in [9.17, 15) is 0 Å². The molecule has 2 rings (SSSR count). The molecule has 1 aromatic carbocycles. The molecule has 4 nitrogen and oxygen atoms in total. The van der Waals surface area contributed by atoms with Gasteiger partial charge >= 0.3 is 0 Å². The fourth-order valence-corrected chi connectivity index (χ4v) is 1.75. The minimum atomic E-state index is 0.700. The van der Waals surface area contributed by atoms with Crippen LogP contribution in [0.25, 0.3) is 0 Å². The fraction of sp³-hybridized carbons (Fsp3) is 0.100. The molecule has 0 aliphatic carbocycles. The van der Waals surface area contributed by atoms with Gasteiger partial charge in [-0.2, -0.15) is 0 Å². The van der Waals surface area contributed by atoms with Crippen molar-refractivity contribution in [1.29, 1.82) is 0 Å². The summed E-state index contributed by atoms with van der Waals surface area (Å²) in [6.45, 7) is 0. The predicted octanol–water partition coefficient (Wildman–Crippen LogP) is 2.48. The zero-order valence-electron chi connectivity index (χ0n) is 8.23. The van der Waals surface area contributed by atoms with Gasteiger partial charge in [-0.25, -0.2) is 4.98 Å². The first kappa shape index (κ1) is 9.79. The Labute approximate surface area is 91.7 Å². The summed E-state index contributed by atoms with van der Waals surface area (Å²) in [7, 11) is 1.64. The number of rotatable bonds is 3. The Hall–Kier alpha value is -1.75. The van der Waals surface area contributed by atoms with Crippen molar-refractivity contribution in [2.75, 3.05) is 18.2 Å². The molecule has 0 amide bonds. The predicted molar refractivity (Wildman–Crippen MR) is 62.8 cm³/mol. The Balaban J connectivity index is 2.11. The average molecular weight is 221 g/mol. The van der Waals surface area contributed by atoms with Crippen molar-refractivity contribution < 1.29 is 4.74 Å². The number of nitrogen functional groups attached to an aromatic ring is 1. The molecule has 0 aliphatic rings. The van der Waals surface area contributed by atoms with E-state index in [0.717, 1.165) is 16.6 Å². The molecule has 0 atom stereocenters. The van der Waals surface area contributed by atoms with E-state index in [4.69, 9.17) is 10.5 Å². The van der Waals surface area contributed by atoms with Crippen LogP contribution in [0.5, 0.6) is 5.75 Å². The summed E-state index contributed by atoms with van der Waals surface area (Å²) < 4.78 is 5.06. The van der Waals surface area contributed by atoms with Gasteiger partial charge in [0.25, 0.3) is 0 Å². The van der Waals surface area contributed by atoms with Crippen molar-refractivity contribution in [3.05, 3.63) is 30.5 Å². The van der Waals surface area contributed by atoms with Gasteiger partial charge in [0.05, 0.1) is 13.3 Å². The number of aromatic nitrogens is 1. The lowest BCUT2D eigenvalue weighted by Crippen LogP contribution is -1.89. The van der Waals surface area contributed by atoms with E-state index in [1.54, 1.807) is 13.3 Å². The normalized spacial score (nSPS) is 9.93. The summed E-state index contributed by atoms with van der Waals surface area (Å²) in [5.74, 6) is 0.833. The van der Waals surface area contributed by atoms with Crippen molar-refractivity contribution in [1.82, 2.24) is 4.98 Å². The molecule has 0 saturated heterocycles. The molecular formula is C10H11N3OS. The quantitative estimate of drug-likeness (QED) is 0.836. The molecule has 0 unspecified atom stereocenters. The van der Waals surface area contributed by atoms with E-state index in [1.807, 2.05) is 24.3 Å². The first-order valence-electron chi connectivity index (χ1n) is 4.40. The number of anilines is 3. The monoisotopic (exact) mass is 221 g/mol. The average Bonchev–Trinajstić information content (AvgIpc) is 2.65. The number of thiazole rings is 1. The van der Waals surface area contributed by atoms with Crippen molar-refractivity contribution in [3.63, 3.8) is 0 Å². The molecule has 3 N–H and O–H groups in total. The standard InChI is InChI=1S/C10H11N3OS/c1-14-8-4-2-7(3-5-8)13-10-12-6-9(11)15-10/h2-6H,11H2,1H3,(H,12,13). The van der Waals surface area contributed by atoms with Gasteiger partial charge < -0.3 is 15.8 Å². The zero-order chi connectivity index (χ0) is 10.7. The highest BCUT2D eigenvalue weighted by atomic mass is 32.1. The van der Waals surface area contributed by atoms with Gasteiger partial charge in [-0.1, -0.05) is 11.3 Å². The Morgan fingerprint density at radius 1 is 1.33 bits per heavy atom. The first-order valence-corrected chi connectivity index (χ1v) is 5.22. The molecule has 2 aromatic rings. The minimum absolute atomic E-state index is 0.700. The summed E-state index contributed by atoms with van der Waals surface area (Å²) >= 11 is 1.42. The molecule has 0 fully saturated rings. The van der Waals surface area contributed by atoms with E-state index in [0.29, 0.717) is 5.00 Å². The number of hydrogen-bond donors (Lipinski definition) is 2. The van der Waals surface area contributed by atoms with Crippen molar-refractivity contribution in [3.8, 4) is 5.75 Å². The van der Waals surface area contributed by atoms with Gasteiger partial charge in [-0.3, -0.25) is 0 Å². The molecule has 5 heteroatoms. The molecule has 0 saturated carbocycles. The van der Waals surface area contributed by atoms with Gasteiger partial charge in [-0.05, 0) is 24.3 Å². The van der Waals surface area contributed by atoms with Crippen LogP contribution in [0, 0.1) is 0 Å². The maximum atomic E-state index is 5.57. The largest absolute Gasteiger partial charge is 0.497 e. The third kappa shape index (κ3) is 2.38. The highest BCUT2D eigenvalue weighted by Crippen LogP contribution is 2.24. The molecule has 0 radical (unpaired) electrons. The number of nitrogens with two attached hydrogens (primary N) is 1. The second-order valence-electron chi connectivity index (χ2n) is 2.92. The van der Waals surface area contributed by atoms with E-state index in [-0.39, 0.29) is 0 Å². The van der Waals surface area contributed by atoms with Gasteiger partial charge in [0, 0.05) is 5.69 Å². The van der Waals surface area contributed by atoms with Gasteiger partial charge in [0.15, 0.2) is 5.13 Å². The Morgan fingerprint density at radius 2 is 2.07 bits per heavy atom. The van der Waals surface area contributed by atoms with Crippen LogP contribution in [0.2, 0.25) is 0 Å². The van der Waals surface area contributed by atoms with Crippen LogP contribution in [0.1, 0.15) is 0 Å². The van der Waals surface area contributed by atoms with Crippen LogP contribution < -0.4 is 15.8 Å². The minimum Gasteiger partial charge on any atom is -0.497 e. The van der Waals surface area contributed by atoms with Gasteiger partial charge in [0.2, 0.25) is 0 Å². The lowest BCUT2D eigenvalue weighted by atomic mass is 10.3. The number of ether oxygens (including phenoxy) is 1. The van der Waals surface area contributed by atoms with Crippen molar-refractivity contribution >= 4 is 27.2 Å². The summed E-state index contributed by atoms with van der Waals surface area (Å²) in [5.41, 5.74) is 6.54. The lowest BCUT2D eigenvalue weighted by molar-refractivity contribution is 0.415. The van der Waals surface area contributed by atoms with E-state index >= 15 is 0 Å².